The predicted molar refractivity (Wildman–Crippen MR) is 75.5 cm³/mol. The summed E-state index contributed by atoms with van der Waals surface area (Å²) >= 11 is 0. The van der Waals surface area contributed by atoms with Gasteiger partial charge in [-0.15, -0.1) is 0 Å². The van der Waals surface area contributed by atoms with Gasteiger partial charge in [-0.25, -0.2) is 15.0 Å². The lowest BCUT2D eigenvalue weighted by atomic mass is 10.2. The Morgan fingerprint density at radius 3 is 2.80 bits per heavy atom. The van der Waals surface area contributed by atoms with Gasteiger partial charge in [-0.3, -0.25) is 4.79 Å². The molecule has 3 aromatic rings. The summed E-state index contributed by atoms with van der Waals surface area (Å²) in [6, 6.07) is 8.61. The molecule has 0 bridgehead atoms. The van der Waals surface area contributed by atoms with Crippen molar-refractivity contribution in [1.82, 2.24) is 15.0 Å². The second-order valence-corrected chi connectivity index (χ2v) is 4.06. The Balaban J connectivity index is 2.12. The minimum absolute atomic E-state index is 0.0798. The molecule has 0 saturated carbocycles. The molecule has 98 valence electrons. The molecular formula is C14H10N4O2. The first-order valence-corrected chi connectivity index (χ1v) is 5.91. The van der Waals surface area contributed by atoms with Gasteiger partial charge < -0.3 is 10.1 Å². The van der Waals surface area contributed by atoms with Crippen LogP contribution in [-0.4, -0.2) is 26.3 Å². The van der Waals surface area contributed by atoms with Crippen molar-refractivity contribution in [2.75, 3.05) is 0 Å². The van der Waals surface area contributed by atoms with E-state index in [1.54, 1.807) is 42.7 Å². The maximum atomic E-state index is 11.9. The van der Waals surface area contributed by atoms with Crippen LogP contribution in [0.4, 0.5) is 5.82 Å². The number of aromatic nitrogens is 3. The molecule has 6 nitrogen and oxygen atoms in total. The Kier molecular flexibility index (Phi) is 2.96. The van der Waals surface area contributed by atoms with Crippen LogP contribution in [0, 0.1) is 0 Å². The third kappa shape index (κ3) is 2.14. The molecule has 2 N–H and O–H groups in total. The van der Waals surface area contributed by atoms with E-state index >= 15 is 0 Å². The summed E-state index contributed by atoms with van der Waals surface area (Å²) in [5.74, 6) is 0.314. The fourth-order valence-electron chi connectivity index (χ4n) is 1.80. The molecule has 20 heavy (non-hydrogen) atoms. The molecular weight excluding hydrogens is 256 g/mol. The highest BCUT2D eigenvalue weighted by molar-refractivity contribution is 5.93. The quantitative estimate of drug-likeness (QED) is 0.691. The SMILES string of the molecule is O=c1[nH]c2ncccc2c(O)c1C=Nc1ccccn1. The lowest BCUT2D eigenvalue weighted by Gasteiger charge is -2.02. The van der Waals surface area contributed by atoms with Gasteiger partial charge in [0.15, 0.2) is 5.82 Å². The summed E-state index contributed by atoms with van der Waals surface area (Å²) in [6.45, 7) is 0. The number of H-pyrrole nitrogens is 1. The smallest absolute Gasteiger partial charge is 0.262 e. The van der Waals surface area contributed by atoms with Crippen LogP contribution in [0.25, 0.3) is 11.0 Å². The van der Waals surface area contributed by atoms with Crippen LogP contribution in [0.1, 0.15) is 5.56 Å². The Bertz CT molecular complexity index is 841. The highest BCUT2D eigenvalue weighted by atomic mass is 16.3. The molecule has 3 aromatic heterocycles. The molecule has 0 aromatic carbocycles. The van der Waals surface area contributed by atoms with Crippen LogP contribution in [0.2, 0.25) is 0 Å². The molecule has 0 aliphatic heterocycles. The normalized spacial score (nSPS) is 11.2. The lowest BCUT2D eigenvalue weighted by molar-refractivity contribution is 0.479. The van der Waals surface area contributed by atoms with E-state index in [0.29, 0.717) is 16.9 Å². The fraction of sp³-hybridized carbons (Fsp3) is 0. The minimum Gasteiger partial charge on any atom is -0.506 e. The Morgan fingerprint density at radius 1 is 1.15 bits per heavy atom. The average Bonchev–Trinajstić information content (AvgIpc) is 2.48. The van der Waals surface area contributed by atoms with E-state index < -0.39 is 5.56 Å². The number of hydrogen-bond acceptors (Lipinski definition) is 5. The molecule has 0 atom stereocenters. The van der Waals surface area contributed by atoms with Gasteiger partial charge in [0.1, 0.15) is 17.0 Å². The molecule has 0 spiro atoms. The first-order chi connectivity index (χ1) is 9.75. The van der Waals surface area contributed by atoms with Crippen LogP contribution < -0.4 is 5.56 Å². The first-order valence-electron chi connectivity index (χ1n) is 5.91. The fourth-order valence-corrected chi connectivity index (χ4v) is 1.80. The van der Waals surface area contributed by atoms with Gasteiger partial charge in [0.25, 0.3) is 5.56 Å². The predicted octanol–water partition coefficient (Wildman–Crippen LogP) is 1.77. The van der Waals surface area contributed by atoms with E-state index in [1.165, 1.54) is 6.21 Å². The van der Waals surface area contributed by atoms with Crippen molar-refractivity contribution >= 4 is 23.1 Å². The van der Waals surface area contributed by atoms with Crippen LogP contribution in [0.15, 0.2) is 52.5 Å². The van der Waals surface area contributed by atoms with Gasteiger partial charge in [0, 0.05) is 18.6 Å². The van der Waals surface area contributed by atoms with Crippen molar-refractivity contribution in [1.29, 1.82) is 0 Å². The summed E-state index contributed by atoms with van der Waals surface area (Å²) < 4.78 is 0. The number of aromatic hydroxyl groups is 1. The standard InChI is InChI=1S/C14H10N4O2/c19-12-9-4-3-7-16-13(9)18-14(20)10(12)8-17-11-5-1-2-6-15-11/h1-8H,(H2,16,18,19,20). The number of pyridine rings is 3. The van der Waals surface area contributed by atoms with Gasteiger partial charge in [-0.05, 0) is 24.3 Å². The highest BCUT2D eigenvalue weighted by Gasteiger charge is 2.10. The van der Waals surface area contributed by atoms with Crippen molar-refractivity contribution in [3.63, 3.8) is 0 Å². The van der Waals surface area contributed by atoms with Gasteiger partial charge >= 0.3 is 0 Å². The molecule has 3 heterocycles. The Morgan fingerprint density at radius 2 is 2.00 bits per heavy atom. The van der Waals surface area contributed by atoms with Gasteiger partial charge in [0.05, 0.1) is 5.39 Å². The van der Waals surface area contributed by atoms with Gasteiger partial charge in [-0.2, -0.15) is 0 Å². The summed E-state index contributed by atoms with van der Waals surface area (Å²) in [5, 5.41) is 10.6. The average molecular weight is 266 g/mol. The second-order valence-electron chi connectivity index (χ2n) is 4.06. The number of fused-ring (bicyclic) bond motifs is 1. The number of aromatic amines is 1. The summed E-state index contributed by atoms with van der Waals surface area (Å²) in [7, 11) is 0. The first kappa shape index (κ1) is 12.0. The van der Waals surface area contributed by atoms with Crippen LogP contribution in [0.3, 0.4) is 0 Å². The van der Waals surface area contributed by atoms with Crippen molar-refractivity contribution < 1.29 is 5.11 Å². The van der Waals surface area contributed by atoms with Crippen LogP contribution in [0.5, 0.6) is 5.75 Å². The number of hydrogen-bond donors (Lipinski definition) is 2. The van der Waals surface area contributed by atoms with E-state index in [4.69, 9.17) is 0 Å². The summed E-state index contributed by atoms with van der Waals surface area (Å²) in [4.78, 5) is 26.6. The van der Waals surface area contributed by atoms with E-state index in [9.17, 15) is 9.90 Å². The highest BCUT2D eigenvalue weighted by Crippen LogP contribution is 2.22. The number of aliphatic imine (C=N–C) groups is 1. The minimum atomic E-state index is -0.451. The van der Waals surface area contributed by atoms with E-state index in [2.05, 4.69) is 19.9 Å². The van der Waals surface area contributed by atoms with Gasteiger partial charge in [0.2, 0.25) is 0 Å². The molecule has 0 radical (unpaired) electrons. The Hall–Kier alpha value is -3.02. The van der Waals surface area contributed by atoms with Gasteiger partial charge in [-0.1, -0.05) is 6.07 Å². The van der Waals surface area contributed by atoms with Crippen molar-refractivity contribution in [3.05, 3.63) is 58.6 Å². The largest absolute Gasteiger partial charge is 0.506 e. The Labute approximate surface area is 113 Å². The molecule has 0 saturated heterocycles. The molecule has 0 unspecified atom stereocenters. The van der Waals surface area contributed by atoms with E-state index in [-0.39, 0.29) is 11.3 Å². The molecule has 0 fully saturated rings. The summed E-state index contributed by atoms with van der Waals surface area (Å²) in [5.41, 5.74) is -0.0329. The van der Waals surface area contributed by atoms with E-state index in [0.717, 1.165) is 0 Å². The van der Waals surface area contributed by atoms with Crippen molar-refractivity contribution in [3.8, 4) is 5.75 Å². The molecule has 0 amide bonds. The molecule has 0 aliphatic carbocycles. The van der Waals surface area contributed by atoms with E-state index in [1.807, 2.05) is 0 Å². The van der Waals surface area contributed by atoms with Crippen LogP contribution >= 0.6 is 0 Å². The number of rotatable bonds is 2. The van der Waals surface area contributed by atoms with Crippen LogP contribution in [-0.2, 0) is 0 Å². The second kappa shape index (κ2) is 4.93. The topological polar surface area (TPSA) is 91.2 Å². The summed E-state index contributed by atoms with van der Waals surface area (Å²) in [6.07, 6.45) is 4.43. The number of nitrogens with zero attached hydrogens (tertiary/aromatic N) is 3. The zero-order valence-corrected chi connectivity index (χ0v) is 10.3. The lowest BCUT2D eigenvalue weighted by Crippen LogP contribution is -2.12. The molecule has 6 heteroatoms. The zero-order valence-electron chi connectivity index (χ0n) is 10.3. The maximum Gasteiger partial charge on any atom is 0.262 e. The maximum absolute atomic E-state index is 11.9. The zero-order chi connectivity index (χ0) is 13.9. The van der Waals surface area contributed by atoms with Crippen molar-refractivity contribution in [2.24, 2.45) is 4.99 Å². The number of nitrogens with one attached hydrogen (secondary N) is 1. The third-order valence-electron chi connectivity index (χ3n) is 2.77. The van der Waals surface area contributed by atoms with Crippen molar-refractivity contribution in [2.45, 2.75) is 0 Å². The third-order valence-corrected chi connectivity index (χ3v) is 2.77. The monoisotopic (exact) mass is 266 g/mol. The molecule has 0 aliphatic rings. The molecule has 3 rings (SSSR count).